The second kappa shape index (κ2) is 7.41. The summed E-state index contributed by atoms with van der Waals surface area (Å²) in [4.78, 5) is 34.2. The number of carbonyl (C=O) groups excluding carboxylic acids is 1. The zero-order valence-electron chi connectivity index (χ0n) is 14.3. The molecule has 1 N–H and O–H groups in total. The number of aromatic amines is 1. The summed E-state index contributed by atoms with van der Waals surface area (Å²) in [6, 6.07) is 9.83. The van der Waals surface area contributed by atoms with Crippen LogP contribution in [0.4, 0.5) is 0 Å². The predicted octanol–water partition coefficient (Wildman–Crippen LogP) is 3.36. The van der Waals surface area contributed by atoms with Crippen LogP contribution in [0.1, 0.15) is 12.7 Å². The number of thiophene rings is 1. The molecule has 0 unspecified atom stereocenters. The molecule has 0 saturated heterocycles. The zero-order chi connectivity index (χ0) is 18.0. The van der Waals surface area contributed by atoms with E-state index >= 15 is 0 Å². The summed E-state index contributed by atoms with van der Waals surface area (Å²) in [5.41, 5.74) is 1.78. The Hall–Kier alpha value is -2.12. The number of amides is 1. The maximum atomic E-state index is 12.6. The van der Waals surface area contributed by atoms with Gasteiger partial charge in [-0.1, -0.05) is 30.3 Å². The summed E-state index contributed by atoms with van der Waals surface area (Å²) < 4.78 is 0. The first-order chi connectivity index (χ1) is 12.0. The second-order valence-electron chi connectivity index (χ2n) is 5.89. The first kappa shape index (κ1) is 17.7. The number of nitrogens with one attached hydrogen (secondary N) is 1. The number of aromatic nitrogens is 2. The number of hydrogen-bond acceptors (Lipinski definition) is 5. The van der Waals surface area contributed by atoms with Crippen molar-refractivity contribution in [3.05, 3.63) is 51.9 Å². The van der Waals surface area contributed by atoms with Crippen molar-refractivity contribution >= 4 is 39.2 Å². The van der Waals surface area contributed by atoms with E-state index in [0.717, 1.165) is 16.0 Å². The zero-order valence-corrected chi connectivity index (χ0v) is 15.9. The van der Waals surface area contributed by atoms with Gasteiger partial charge in [0.15, 0.2) is 0 Å². The Morgan fingerprint density at radius 3 is 2.72 bits per heavy atom. The fourth-order valence-electron chi connectivity index (χ4n) is 2.53. The van der Waals surface area contributed by atoms with E-state index < -0.39 is 0 Å². The highest BCUT2D eigenvalue weighted by atomic mass is 32.2. The van der Waals surface area contributed by atoms with Crippen molar-refractivity contribution < 1.29 is 4.79 Å². The smallest absolute Gasteiger partial charge is 0.260 e. The molecule has 1 atom stereocenters. The topological polar surface area (TPSA) is 66.1 Å². The van der Waals surface area contributed by atoms with Crippen molar-refractivity contribution in [2.75, 3.05) is 14.1 Å². The van der Waals surface area contributed by atoms with Gasteiger partial charge < -0.3 is 9.88 Å². The maximum absolute atomic E-state index is 12.6. The van der Waals surface area contributed by atoms with Crippen molar-refractivity contribution in [2.45, 2.75) is 17.9 Å². The lowest BCUT2D eigenvalue weighted by Gasteiger charge is -2.15. The van der Waals surface area contributed by atoms with E-state index in [4.69, 9.17) is 0 Å². The van der Waals surface area contributed by atoms with E-state index in [9.17, 15) is 9.59 Å². The fraction of sp³-hybridized carbons (Fsp3) is 0.278. The first-order valence-corrected chi connectivity index (χ1v) is 9.79. The number of nitrogens with zero attached hydrogens (tertiary/aromatic N) is 2. The van der Waals surface area contributed by atoms with Gasteiger partial charge in [0.25, 0.3) is 5.56 Å². The number of hydrogen-bond donors (Lipinski definition) is 1. The average molecular weight is 374 g/mol. The van der Waals surface area contributed by atoms with Crippen LogP contribution in [-0.4, -0.2) is 40.1 Å². The van der Waals surface area contributed by atoms with Crippen LogP contribution in [0.2, 0.25) is 0 Å². The minimum Gasteiger partial charge on any atom is -0.348 e. The maximum Gasteiger partial charge on any atom is 0.260 e. The van der Waals surface area contributed by atoms with Crippen LogP contribution in [0.25, 0.3) is 21.3 Å². The Labute approximate surface area is 154 Å². The van der Waals surface area contributed by atoms with E-state index in [1.54, 1.807) is 19.0 Å². The van der Waals surface area contributed by atoms with Gasteiger partial charge in [-0.3, -0.25) is 9.59 Å². The third-order valence-electron chi connectivity index (χ3n) is 3.84. The molecule has 0 bridgehead atoms. The number of H-pyrrole nitrogens is 1. The van der Waals surface area contributed by atoms with Gasteiger partial charge in [0.1, 0.15) is 10.7 Å². The fourth-order valence-corrected chi connectivity index (χ4v) is 4.40. The molecule has 7 heteroatoms. The van der Waals surface area contributed by atoms with E-state index in [1.165, 1.54) is 23.1 Å². The number of thioether (sulfide) groups is 1. The molecule has 2 aromatic heterocycles. The van der Waals surface area contributed by atoms with Crippen LogP contribution in [0.5, 0.6) is 0 Å². The van der Waals surface area contributed by atoms with Crippen LogP contribution >= 0.6 is 23.1 Å². The molecule has 25 heavy (non-hydrogen) atoms. The van der Waals surface area contributed by atoms with E-state index in [0.29, 0.717) is 17.0 Å². The SMILES string of the molecule is C[C@@H](SCc1nc2scc(-c3ccccc3)c2c(=O)[nH]1)C(=O)N(C)C. The minimum atomic E-state index is -0.181. The molecule has 1 aromatic carbocycles. The molecular weight excluding hydrogens is 354 g/mol. The number of carbonyl (C=O) groups is 1. The van der Waals surface area contributed by atoms with Gasteiger partial charge >= 0.3 is 0 Å². The molecule has 0 aliphatic heterocycles. The standard InChI is InChI=1S/C18H19N3O2S2/c1-11(18(23)21(2)3)24-10-14-19-16(22)15-13(9-25-17(15)20-14)12-7-5-4-6-8-12/h4-9,11H,10H2,1-3H3,(H,19,20,22)/t11-/m1/s1. The van der Waals surface area contributed by atoms with Crippen LogP contribution in [0, 0.1) is 0 Å². The molecule has 1 amide bonds. The molecule has 0 aliphatic carbocycles. The summed E-state index contributed by atoms with van der Waals surface area (Å²) in [6.07, 6.45) is 0. The van der Waals surface area contributed by atoms with Gasteiger partial charge in [-0.2, -0.15) is 0 Å². The van der Waals surface area contributed by atoms with E-state index in [2.05, 4.69) is 9.97 Å². The molecule has 2 heterocycles. The normalized spacial score (nSPS) is 12.3. The Morgan fingerprint density at radius 2 is 2.04 bits per heavy atom. The molecule has 3 aromatic rings. The quantitative estimate of drug-likeness (QED) is 0.745. The van der Waals surface area contributed by atoms with Gasteiger partial charge in [-0.15, -0.1) is 23.1 Å². The van der Waals surface area contributed by atoms with Crippen LogP contribution in [-0.2, 0) is 10.5 Å². The van der Waals surface area contributed by atoms with Crippen LogP contribution < -0.4 is 5.56 Å². The minimum absolute atomic E-state index is 0.0518. The van der Waals surface area contributed by atoms with Gasteiger partial charge in [-0.05, 0) is 12.5 Å². The molecule has 5 nitrogen and oxygen atoms in total. The highest BCUT2D eigenvalue weighted by Gasteiger charge is 2.17. The monoisotopic (exact) mass is 373 g/mol. The van der Waals surface area contributed by atoms with Crippen molar-refractivity contribution in [3.8, 4) is 11.1 Å². The summed E-state index contributed by atoms with van der Waals surface area (Å²) in [5.74, 6) is 1.14. The predicted molar refractivity (Wildman–Crippen MR) is 105 cm³/mol. The Bertz CT molecular complexity index is 948. The van der Waals surface area contributed by atoms with Gasteiger partial charge in [-0.25, -0.2) is 4.98 Å². The highest BCUT2D eigenvalue weighted by molar-refractivity contribution is 7.99. The van der Waals surface area contributed by atoms with Gasteiger partial charge in [0, 0.05) is 25.0 Å². The van der Waals surface area contributed by atoms with Gasteiger partial charge in [0.2, 0.25) is 5.91 Å². The summed E-state index contributed by atoms with van der Waals surface area (Å²) in [6.45, 7) is 1.86. The van der Waals surface area contributed by atoms with Gasteiger partial charge in [0.05, 0.1) is 16.4 Å². The van der Waals surface area contributed by atoms with Crippen molar-refractivity contribution in [2.24, 2.45) is 0 Å². The van der Waals surface area contributed by atoms with Crippen LogP contribution in [0.3, 0.4) is 0 Å². The average Bonchev–Trinajstić information content (AvgIpc) is 3.04. The lowest BCUT2D eigenvalue weighted by atomic mass is 10.1. The first-order valence-electron chi connectivity index (χ1n) is 7.86. The molecule has 0 fully saturated rings. The Morgan fingerprint density at radius 1 is 1.32 bits per heavy atom. The van der Waals surface area contributed by atoms with E-state index in [-0.39, 0.29) is 16.7 Å². The van der Waals surface area contributed by atoms with Crippen LogP contribution in [0.15, 0.2) is 40.5 Å². The summed E-state index contributed by atoms with van der Waals surface area (Å²) in [5, 5.41) is 2.42. The second-order valence-corrected chi connectivity index (χ2v) is 8.08. The van der Waals surface area contributed by atoms with Crippen molar-refractivity contribution in [3.63, 3.8) is 0 Å². The lowest BCUT2D eigenvalue weighted by molar-refractivity contribution is -0.127. The third-order valence-corrected chi connectivity index (χ3v) is 5.85. The number of rotatable bonds is 5. The highest BCUT2D eigenvalue weighted by Crippen LogP contribution is 2.30. The summed E-state index contributed by atoms with van der Waals surface area (Å²) in [7, 11) is 3.48. The third kappa shape index (κ3) is 3.77. The number of benzene rings is 1. The van der Waals surface area contributed by atoms with Crippen molar-refractivity contribution in [1.82, 2.24) is 14.9 Å². The molecule has 130 valence electrons. The lowest BCUT2D eigenvalue weighted by Crippen LogP contribution is -2.29. The molecule has 0 spiro atoms. The van der Waals surface area contributed by atoms with E-state index in [1.807, 2.05) is 42.6 Å². The molecule has 0 radical (unpaired) electrons. The van der Waals surface area contributed by atoms with Crippen molar-refractivity contribution in [1.29, 1.82) is 0 Å². The molecule has 3 rings (SSSR count). The molecule has 0 saturated carbocycles. The molecular formula is C18H19N3O2S2. The summed E-state index contributed by atoms with van der Waals surface area (Å²) >= 11 is 2.93. The largest absolute Gasteiger partial charge is 0.348 e. The number of fused-ring (bicyclic) bond motifs is 1. The molecule has 0 aliphatic rings. The Balaban J connectivity index is 1.86. The Kier molecular flexibility index (Phi) is 5.24.